The lowest BCUT2D eigenvalue weighted by Gasteiger charge is -2.09. The Hall–Kier alpha value is -0.120. The van der Waals surface area contributed by atoms with Gasteiger partial charge in [-0.3, -0.25) is 0 Å². The third-order valence-electron chi connectivity index (χ3n) is 1.11. The van der Waals surface area contributed by atoms with Gasteiger partial charge < -0.3 is 4.90 Å². The summed E-state index contributed by atoms with van der Waals surface area (Å²) in [6.07, 6.45) is 0. The van der Waals surface area contributed by atoms with E-state index in [9.17, 15) is 0 Å². The molecular formula is C8H19NO2. The fourth-order valence-electron chi connectivity index (χ4n) is 0.463. The van der Waals surface area contributed by atoms with Crippen LogP contribution in [0.15, 0.2) is 0 Å². The van der Waals surface area contributed by atoms with Crippen LogP contribution < -0.4 is 0 Å². The largest absolute Gasteiger partial charge is 0.307 e. The summed E-state index contributed by atoms with van der Waals surface area (Å²) in [6.45, 7) is 6.40. The standard InChI is InChI=1S/C8H19NO2/c1-8(2)7-11-10-6-5-9(3)4/h8H,5-7H2,1-4H3. The molecule has 0 rings (SSSR count). The van der Waals surface area contributed by atoms with Gasteiger partial charge in [0.15, 0.2) is 0 Å². The van der Waals surface area contributed by atoms with E-state index in [-0.39, 0.29) is 0 Å². The Morgan fingerprint density at radius 1 is 1.18 bits per heavy atom. The molecule has 0 aliphatic carbocycles. The van der Waals surface area contributed by atoms with Gasteiger partial charge in [0.05, 0.1) is 13.2 Å². The van der Waals surface area contributed by atoms with Crippen LogP contribution in [0.2, 0.25) is 0 Å². The molecule has 0 saturated heterocycles. The second-order valence-corrected chi connectivity index (χ2v) is 3.30. The van der Waals surface area contributed by atoms with Gasteiger partial charge in [0.25, 0.3) is 0 Å². The zero-order chi connectivity index (χ0) is 8.69. The van der Waals surface area contributed by atoms with Crippen LogP contribution in [-0.2, 0) is 9.78 Å². The molecule has 0 aromatic heterocycles. The topological polar surface area (TPSA) is 21.7 Å². The molecule has 0 saturated carbocycles. The molecule has 0 radical (unpaired) electrons. The van der Waals surface area contributed by atoms with Crippen molar-refractivity contribution in [2.75, 3.05) is 33.9 Å². The number of likely N-dealkylation sites (N-methyl/N-ethyl adjacent to an activating group) is 1. The third-order valence-corrected chi connectivity index (χ3v) is 1.11. The second kappa shape index (κ2) is 6.58. The van der Waals surface area contributed by atoms with E-state index in [0.717, 1.165) is 6.54 Å². The predicted octanol–water partition coefficient (Wildman–Crippen LogP) is 1.15. The van der Waals surface area contributed by atoms with Gasteiger partial charge in [-0.15, -0.1) is 0 Å². The van der Waals surface area contributed by atoms with Gasteiger partial charge in [-0.1, -0.05) is 13.8 Å². The quantitative estimate of drug-likeness (QED) is 0.331. The van der Waals surface area contributed by atoms with Crippen molar-refractivity contribution in [3.8, 4) is 0 Å². The first-order valence-corrected chi connectivity index (χ1v) is 4.02. The van der Waals surface area contributed by atoms with Crippen molar-refractivity contribution in [3.63, 3.8) is 0 Å². The second-order valence-electron chi connectivity index (χ2n) is 3.30. The summed E-state index contributed by atoms with van der Waals surface area (Å²) in [4.78, 5) is 11.9. The lowest BCUT2D eigenvalue weighted by atomic mass is 10.2. The maximum Gasteiger partial charge on any atom is 0.0949 e. The Bertz CT molecular complexity index is 74.2. The molecule has 3 nitrogen and oxygen atoms in total. The van der Waals surface area contributed by atoms with E-state index in [1.165, 1.54) is 0 Å². The normalized spacial score (nSPS) is 11.5. The van der Waals surface area contributed by atoms with E-state index in [1.54, 1.807) is 0 Å². The molecule has 0 aliphatic rings. The predicted molar refractivity (Wildman–Crippen MR) is 45.3 cm³/mol. The smallest absolute Gasteiger partial charge is 0.0949 e. The van der Waals surface area contributed by atoms with Gasteiger partial charge in [0.1, 0.15) is 0 Å². The first-order valence-electron chi connectivity index (χ1n) is 4.02. The molecule has 11 heavy (non-hydrogen) atoms. The van der Waals surface area contributed by atoms with Crippen LogP contribution in [0.3, 0.4) is 0 Å². The summed E-state index contributed by atoms with van der Waals surface area (Å²) in [5.74, 6) is 0.536. The highest BCUT2D eigenvalue weighted by Crippen LogP contribution is 1.92. The molecule has 0 aromatic rings. The van der Waals surface area contributed by atoms with E-state index >= 15 is 0 Å². The van der Waals surface area contributed by atoms with Gasteiger partial charge in [-0.25, -0.2) is 9.78 Å². The Morgan fingerprint density at radius 2 is 1.82 bits per heavy atom. The number of hydrogen-bond donors (Lipinski definition) is 0. The first-order chi connectivity index (χ1) is 5.13. The highest BCUT2D eigenvalue weighted by Gasteiger charge is 1.94. The number of rotatable bonds is 6. The highest BCUT2D eigenvalue weighted by atomic mass is 17.2. The van der Waals surface area contributed by atoms with Crippen LogP contribution in [0.25, 0.3) is 0 Å². The zero-order valence-electron chi connectivity index (χ0n) is 7.96. The van der Waals surface area contributed by atoms with Crippen LogP contribution in [0.4, 0.5) is 0 Å². The molecule has 0 spiro atoms. The van der Waals surface area contributed by atoms with Crippen LogP contribution >= 0.6 is 0 Å². The minimum atomic E-state index is 0.536. The van der Waals surface area contributed by atoms with Gasteiger partial charge in [0, 0.05) is 6.54 Å². The molecule has 0 unspecified atom stereocenters. The molecule has 0 bridgehead atoms. The fraction of sp³-hybridized carbons (Fsp3) is 1.00. The zero-order valence-corrected chi connectivity index (χ0v) is 7.96. The van der Waals surface area contributed by atoms with Crippen LogP contribution in [0, 0.1) is 5.92 Å². The Labute approximate surface area is 69.2 Å². The van der Waals surface area contributed by atoms with E-state index in [2.05, 4.69) is 18.7 Å². The summed E-state index contributed by atoms with van der Waals surface area (Å²) >= 11 is 0. The SMILES string of the molecule is CC(C)COOCCN(C)C. The average molecular weight is 161 g/mol. The van der Waals surface area contributed by atoms with Crippen molar-refractivity contribution in [3.05, 3.63) is 0 Å². The molecule has 68 valence electrons. The van der Waals surface area contributed by atoms with E-state index in [4.69, 9.17) is 9.78 Å². The lowest BCUT2D eigenvalue weighted by Crippen LogP contribution is -2.18. The maximum atomic E-state index is 4.92. The monoisotopic (exact) mass is 161 g/mol. The number of nitrogens with zero attached hydrogens (tertiary/aromatic N) is 1. The van der Waals surface area contributed by atoms with E-state index in [0.29, 0.717) is 19.1 Å². The minimum absolute atomic E-state index is 0.536. The summed E-state index contributed by atoms with van der Waals surface area (Å²) < 4.78 is 0. The van der Waals surface area contributed by atoms with Gasteiger partial charge in [-0.2, -0.15) is 0 Å². The molecule has 0 N–H and O–H groups in total. The molecule has 0 heterocycles. The van der Waals surface area contributed by atoms with E-state index in [1.807, 2.05) is 14.1 Å². The van der Waals surface area contributed by atoms with Crippen molar-refractivity contribution < 1.29 is 9.78 Å². The molecule has 0 atom stereocenters. The fourth-order valence-corrected chi connectivity index (χ4v) is 0.463. The molecule has 0 aromatic carbocycles. The molecular weight excluding hydrogens is 142 g/mol. The van der Waals surface area contributed by atoms with Crippen molar-refractivity contribution in [1.82, 2.24) is 4.90 Å². The summed E-state index contributed by atoms with van der Waals surface area (Å²) in [5.41, 5.74) is 0. The van der Waals surface area contributed by atoms with Crippen LogP contribution in [0.5, 0.6) is 0 Å². The van der Waals surface area contributed by atoms with Crippen LogP contribution in [-0.4, -0.2) is 38.8 Å². The van der Waals surface area contributed by atoms with Crippen molar-refractivity contribution in [1.29, 1.82) is 0 Å². The van der Waals surface area contributed by atoms with Gasteiger partial charge >= 0.3 is 0 Å². The Kier molecular flexibility index (Phi) is 6.51. The summed E-state index contributed by atoms with van der Waals surface area (Å²) in [7, 11) is 4.01. The lowest BCUT2D eigenvalue weighted by molar-refractivity contribution is -0.300. The summed E-state index contributed by atoms with van der Waals surface area (Å²) in [6, 6.07) is 0. The van der Waals surface area contributed by atoms with Gasteiger partial charge in [0.2, 0.25) is 0 Å². The average Bonchev–Trinajstić information content (AvgIpc) is 1.85. The summed E-state index contributed by atoms with van der Waals surface area (Å²) in [5, 5.41) is 0. The van der Waals surface area contributed by atoms with E-state index < -0.39 is 0 Å². The minimum Gasteiger partial charge on any atom is -0.307 e. The highest BCUT2D eigenvalue weighted by molar-refractivity contribution is 4.37. The van der Waals surface area contributed by atoms with Gasteiger partial charge in [-0.05, 0) is 20.0 Å². The van der Waals surface area contributed by atoms with Crippen molar-refractivity contribution >= 4 is 0 Å². The van der Waals surface area contributed by atoms with Crippen molar-refractivity contribution in [2.24, 2.45) is 5.92 Å². The molecule has 0 aliphatic heterocycles. The maximum absolute atomic E-state index is 4.92. The molecule has 0 fully saturated rings. The molecule has 3 heteroatoms. The number of hydrogen-bond acceptors (Lipinski definition) is 3. The first kappa shape index (κ1) is 10.9. The third kappa shape index (κ3) is 9.88. The van der Waals surface area contributed by atoms with Crippen LogP contribution in [0.1, 0.15) is 13.8 Å². The van der Waals surface area contributed by atoms with Crippen molar-refractivity contribution in [2.45, 2.75) is 13.8 Å². The Morgan fingerprint density at radius 3 is 2.27 bits per heavy atom. The Balaban J connectivity index is 2.91. The molecule has 0 amide bonds.